The van der Waals surface area contributed by atoms with E-state index in [-0.39, 0.29) is 16.2 Å². The van der Waals surface area contributed by atoms with Crippen LogP contribution in [0.3, 0.4) is 0 Å². The van der Waals surface area contributed by atoms with E-state index in [4.69, 9.17) is 17.3 Å². The number of amides is 2. The molecule has 1 aliphatic rings. The molecule has 0 bridgehead atoms. The zero-order valence-electron chi connectivity index (χ0n) is 15.8. The average Bonchev–Trinajstić information content (AvgIpc) is 3.20. The van der Waals surface area contributed by atoms with Crippen molar-refractivity contribution >= 4 is 62.8 Å². The summed E-state index contributed by atoms with van der Waals surface area (Å²) in [4.78, 5) is 38.0. The number of carboxylic acid groups (broad SMARTS) is 1. The Morgan fingerprint density at radius 1 is 1.00 bits per heavy atom. The number of nitrogens with one attached hydrogen (secondary N) is 1. The van der Waals surface area contributed by atoms with Crippen molar-refractivity contribution in [1.29, 1.82) is 0 Å². The minimum Gasteiger partial charge on any atom is -0.478 e. The first-order chi connectivity index (χ1) is 14.8. The second-order valence-corrected chi connectivity index (χ2v) is 7.89. The molecule has 2 aromatic carbocycles. The number of benzene rings is 2. The first-order valence-electron chi connectivity index (χ1n) is 9.03. The van der Waals surface area contributed by atoms with Gasteiger partial charge >= 0.3 is 5.97 Å². The second-order valence-electron chi connectivity index (χ2n) is 6.59. The largest absolute Gasteiger partial charge is 0.478 e. The molecule has 2 heterocycles. The Morgan fingerprint density at radius 3 is 2.29 bits per heavy atom. The number of carboxylic acids is 1. The Labute approximate surface area is 190 Å². The lowest BCUT2D eigenvalue weighted by molar-refractivity contribution is -0.122. The fourth-order valence-corrected chi connectivity index (χ4v) is 3.69. The van der Waals surface area contributed by atoms with Crippen molar-refractivity contribution in [2.45, 2.75) is 0 Å². The fourth-order valence-electron chi connectivity index (χ4n) is 3.14. The van der Waals surface area contributed by atoms with Gasteiger partial charge in [-0.05, 0) is 79.0 Å². The third-order valence-corrected chi connectivity index (χ3v) is 5.46. The summed E-state index contributed by atoms with van der Waals surface area (Å²) in [5, 5.41) is 11.5. The zero-order valence-corrected chi connectivity index (χ0v) is 18.2. The molecule has 0 radical (unpaired) electrons. The van der Waals surface area contributed by atoms with Gasteiger partial charge in [0.1, 0.15) is 5.57 Å². The van der Waals surface area contributed by atoms with Crippen molar-refractivity contribution in [3.05, 3.63) is 88.2 Å². The molecule has 0 atom stereocenters. The monoisotopic (exact) mass is 495 g/mol. The maximum Gasteiger partial charge on any atom is 0.335 e. The van der Waals surface area contributed by atoms with Gasteiger partial charge in [-0.1, -0.05) is 15.9 Å². The molecular formula is C22H14BrN3O4S. The summed E-state index contributed by atoms with van der Waals surface area (Å²) in [7, 11) is 0. The third kappa shape index (κ3) is 4.05. The van der Waals surface area contributed by atoms with Gasteiger partial charge in [0, 0.05) is 22.1 Å². The Balaban J connectivity index is 1.71. The first-order valence-corrected chi connectivity index (χ1v) is 10.2. The van der Waals surface area contributed by atoms with E-state index in [2.05, 4.69) is 21.2 Å². The molecule has 3 aromatic rings. The van der Waals surface area contributed by atoms with Crippen LogP contribution in [0.2, 0.25) is 0 Å². The number of anilines is 1. The molecule has 2 amide bonds. The van der Waals surface area contributed by atoms with E-state index >= 15 is 0 Å². The van der Waals surface area contributed by atoms with Crippen molar-refractivity contribution in [1.82, 2.24) is 9.88 Å². The highest BCUT2D eigenvalue weighted by atomic mass is 79.9. The Bertz CT molecular complexity index is 1250. The number of carbonyl (C=O) groups is 3. The molecule has 0 saturated carbocycles. The molecule has 0 unspecified atom stereocenters. The van der Waals surface area contributed by atoms with Gasteiger partial charge in [0.05, 0.1) is 11.3 Å². The number of halogens is 1. The molecule has 1 aromatic heterocycles. The lowest BCUT2D eigenvalue weighted by atomic mass is 10.1. The summed E-state index contributed by atoms with van der Waals surface area (Å²) < 4.78 is 2.78. The van der Waals surface area contributed by atoms with Crippen LogP contribution in [0.4, 0.5) is 5.69 Å². The van der Waals surface area contributed by atoms with Crippen molar-refractivity contribution < 1.29 is 19.5 Å². The van der Waals surface area contributed by atoms with Crippen LogP contribution in [0.5, 0.6) is 0 Å². The second kappa shape index (κ2) is 8.29. The molecule has 1 fully saturated rings. The third-order valence-electron chi connectivity index (χ3n) is 4.65. The Hall–Kier alpha value is -3.56. The Morgan fingerprint density at radius 2 is 1.65 bits per heavy atom. The predicted octanol–water partition coefficient (Wildman–Crippen LogP) is 3.77. The molecule has 7 nitrogen and oxygen atoms in total. The van der Waals surface area contributed by atoms with Crippen molar-refractivity contribution in [2.24, 2.45) is 0 Å². The van der Waals surface area contributed by atoms with Crippen LogP contribution in [-0.2, 0) is 9.59 Å². The van der Waals surface area contributed by atoms with E-state index in [1.165, 1.54) is 35.2 Å². The van der Waals surface area contributed by atoms with E-state index in [1.54, 1.807) is 6.07 Å². The molecule has 4 rings (SSSR count). The zero-order chi connectivity index (χ0) is 22.1. The molecule has 0 aliphatic carbocycles. The molecule has 154 valence electrons. The Kier molecular flexibility index (Phi) is 5.53. The number of aromatic carboxylic acids is 1. The van der Waals surface area contributed by atoms with Gasteiger partial charge in [-0.2, -0.15) is 0 Å². The van der Waals surface area contributed by atoms with Crippen molar-refractivity contribution in [3.8, 4) is 5.69 Å². The summed E-state index contributed by atoms with van der Waals surface area (Å²) in [5.41, 5.74) is 1.84. The minimum absolute atomic E-state index is 0.0708. The smallest absolute Gasteiger partial charge is 0.335 e. The summed E-state index contributed by atoms with van der Waals surface area (Å²) >= 11 is 8.58. The van der Waals surface area contributed by atoms with Gasteiger partial charge < -0.3 is 9.67 Å². The molecular weight excluding hydrogens is 482 g/mol. The van der Waals surface area contributed by atoms with Crippen LogP contribution in [0.15, 0.2) is 76.9 Å². The highest BCUT2D eigenvalue weighted by molar-refractivity contribution is 9.10. The average molecular weight is 496 g/mol. The minimum atomic E-state index is -1.08. The SMILES string of the molecule is O=C1NC(=S)N(c2ccc(C(=O)O)cc2)C(=O)C1=Cc1cccn1-c1ccc(Br)cc1. The number of carbonyl (C=O) groups excluding carboxylic acids is 2. The molecule has 2 N–H and O–H groups in total. The summed E-state index contributed by atoms with van der Waals surface area (Å²) in [6.45, 7) is 0. The lowest BCUT2D eigenvalue weighted by Gasteiger charge is -2.29. The van der Waals surface area contributed by atoms with Gasteiger partial charge in [-0.3, -0.25) is 19.8 Å². The summed E-state index contributed by atoms with van der Waals surface area (Å²) in [5.74, 6) is -2.28. The predicted molar refractivity (Wildman–Crippen MR) is 123 cm³/mol. The number of thiocarbonyl (C=S) groups is 1. The topological polar surface area (TPSA) is 91.6 Å². The van der Waals surface area contributed by atoms with E-state index in [0.717, 1.165) is 10.2 Å². The van der Waals surface area contributed by atoms with E-state index in [1.807, 2.05) is 41.1 Å². The molecule has 1 aliphatic heterocycles. The highest BCUT2D eigenvalue weighted by Crippen LogP contribution is 2.24. The quantitative estimate of drug-likeness (QED) is 0.326. The van der Waals surface area contributed by atoms with Crippen LogP contribution < -0.4 is 10.2 Å². The van der Waals surface area contributed by atoms with Crippen LogP contribution in [0.25, 0.3) is 11.8 Å². The maximum absolute atomic E-state index is 13.2. The standard InChI is InChI=1S/C22H14BrN3O4S/c23-14-5-9-15(10-6-14)25-11-1-2-17(25)12-18-19(27)24-22(31)26(20(18)28)16-7-3-13(4-8-16)21(29)30/h1-12H,(H,29,30)(H,24,27,31). The van der Waals surface area contributed by atoms with E-state index in [0.29, 0.717) is 11.4 Å². The van der Waals surface area contributed by atoms with Gasteiger partial charge in [-0.15, -0.1) is 0 Å². The van der Waals surface area contributed by atoms with E-state index in [9.17, 15) is 14.4 Å². The number of nitrogens with zero attached hydrogens (tertiary/aromatic N) is 2. The molecule has 31 heavy (non-hydrogen) atoms. The molecule has 9 heteroatoms. The number of hydrogen-bond acceptors (Lipinski definition) is 4. The van der Waals surface area contributed by atoms with Gasteiger partial charge in [0.2, 0.25) is 0 Å². The first kappa shape index (κ1) is 20.7. The van der Waals surface area contributed by atoms with Crippen molar-refractivity contribution in [3.63, 3.8) is 0 Å². The number of aromatic nitrogens is 1. The van der Waals surface area contributed by atoms with E-state index < -0.39 is 17.8 Å². The molecule has 0 spiro atoms. The van der Waals surface area contributed by atoms with Gasteiger partial charge in [0.15, 0.2) is 5.11 Å². The normalized spacial score (nSPS) is 15.3. The highest BCUT2D eigenvalue weighted by Gasteiger charge is 2.34. The maximum atomic E-state index is 13.2. The summed E-state index contributed by atoms with van der Waals surface area (Å²) in [6.07, 6.45) is 3.33. The number of hydrogen-bond donors (Lipinski definition) is 2. The number of rotatable bonds is 4. The van der Waals surface area contributed by atoms with Gasteiger partial charge in [0.25, 0.3) is 11.8 Å². The lowest BCUT2D eigenvalue weighted by Crippen LogP contribution is -2.54. The van der Waals surface area contributed by atoms with Crippen LogP contribution in [-0.4, -0.2) is 32.6 Å². The van der Waals surface area contributed by atoms with Crippen LogP contribution >= 0.6 is 28.1 Å². The summed E-state index contributed by atoms with van der Waals surface area (Å²) in [6, 6.07) is 16.9. The van der Waals surface area contributed by atoms with Gasteiger partial charge in [-0.25, -0.2) is 4.79 Å². The van der Waals surface area contributed by atoms with Crippen LogP contribution in [0.1, 0.15) is 16.1 Å². The van der Waals surface area contributed by atoms with Crippen LogP contribution in [0, 0.1) is 0 Å². The molecule has 1 saturated heterocycles. The fraction of sp³-hybridized carbons (Fsp3) is 0. The van der Waals surface area contributed by atoms with Crippen molar-refractivity contribution in [2.75, 3.05) is 4.90 Å².